The summed E-state index contributed by atoms with van der Waals surface area (Å²) in [4.78, 5) is 25.7. The van der Waals surface area contributed by atoms with E-state index in [9.17, 15) is 9.59 Å². The normalized spacial score (nSPS) is 11.9. The molecule has 2 N–H and O–H groups in total. The van der Waals surface area contributed by atoms with Crippen LogP contribution in [-0.2, 0) is 9.59 Å². The lowest BCUT2D eigenvalue weighted by Crippen LogP contribution is -2.46. The molecule has 0 saturated heterocycles. The van der Waals surface area contributed by atoms with Crippen molar-refractivity contribution in [2.75, 3.05) is 24.6 Å². The minimum atomic E-state index is -0.654. The van der Waals surface area contributed by atoms with Gasteiger partial charge in [0.05, 0.1) is 9.49 Å². The molecule has 0 aliphatic rings. The highest BCUT2D eigenvalue weighted by Gasteiger charge is 2.31. The first-order valence-electron chi connectivity index (χ1n) is 18.2. The van der Waals surface area contributed by atoms with Gasteiger partial charge >= 0.3 is 0 Å². The van der Waals surface area contributed by atoms with Crippen LogP contribution in [0.5, 0.6) is 0 Å². The van der Waals surface area contributed by atoms with E-state index in [4.69, 9.17) is 24.4 Å². The Bertz CT molecular complexity index is 756. The van der Waals surface area contributed by atoms with Crippen molar-refractivity contribution in [3.8, 4) is 0 Å². The number of rotatable bonds is 29. The Hall–Kier alpha value is 0.520. The summed E-state index contributed by atoms with van der Waals surface area (Å²) in [5.41, 5.74) is 0. The summed E-state index contributed by atoms with van der Waals surface area (Å²) in [5.74, 6) is 1.90. The molecule has 0 aliphatic heterocycles. The van der Waals surface area contributed by atoms with Gasteiger partial charge in [-0.15, -0.1) is 23.5 Å². The third kappa shape index (κ3) is 27.4. The zero-order valence-electron chi connectivity index (χ0n) is 30.2. The van der Waals surface area contributed by atoms with Gasteiger partial charge in [-0.05, 0) is 52.0 Å². The number of thiocarbonyl (C=S) groups is 2. The Labute approximate surface area is 312 Å². The van der Waals surface area contributed by atoms with Crippen molar-refractivity contribution in [3.63, 3.8) is 0 Å². The number of thioether (sulfide) groups is 4. The number of carbonyl (C=O) groups is 2. The number of hydrogen-bond donors (Lipinski definition) is 2. The number of nitrogens with one attached hydrogen (secondary N) is 2. The molecule has 0 aromatic heterocycles. The summed E-state index contributed by atoms with van der Waals surface area (Å²) >= 11 is 17.5. The summed E-state index contributed by atoms with van der Waals surface area (Å²) in [6, 6.07) is 0. The zero-order valence-corrected chi connectivity index (χ0v) is 35.1. The quantitative estimate of drug-likeness (QED) is 0.0579. The van der Waals surface area contributed by atoms with Crippen LogP contribution in [0.3, 0.4) is 0 Å². The minimum absolute atomic E-state index is 0.0631. The topological polar surface area (TPSA) is 58.2 Å². The van der Waals surface area contributed by atoms with Crippen molar-refractivity contribution >= 4 is 90.4 Å². The van der Waals surface area contributed by atoms with E-state index in [-0.39, 0.29) is 11.8 Å². The Balaban J connectivity index is 4.00. The molecule has 270 valence electrons. The predicted octanol–water partition coefficient (Wildman–Crippen LogP) is 12.1. The molecule has 0 rings (SSSR count). The van der Waals surface area contributed by atoms with Gasteiger partial charge < -0.3 is 10.6 Å². The molecule has 0 fully saturated rings. The lowest BCUT2D eigenvalue weighted by atomic mass is 10.1. The second kappa shape index (κ2) is 30.4. The van der Waals surface area contributed by atoms with Gasteiger partial charge in [-0.3, -0.25) is 9.59 Å². The summed E-state index contributed by atoms with van der Waals surface area (Å²) in [7, 11) is 0. The maximum atomic E-state index is 12.9. The van der Waals surface area contributed by atoms with Crippen LogP contribution in [0.15, 0.2) is 0 Å². The van der Waals surface area contributed by atoms with Gasteiger partial charge in [0.1, 0.15) is 7.06 Å². The fourth-order valence-electron chi connectivity index (χ4n) is 4.84. The molecular weight excluding hydrogens is 685 g/mol. The molecule has 0 bridgehead atoms. The Kier molecular flexibility index (Phi) is 30.7. The summed E-state index contributed by atoms with van der Waals surface area (Å²) in [6.07, 6.45) is 26.5. The van der Waals surface area contributed by atoms with E-state index in [0.717, 1.165) is 18.6 Å². The van der Waals surface area contributed by atoms with Crippen LogP contribution in [0, 0.1) is 0 Å². The first-order chi connectivity index (χ1) is 22.0. The standard InChI is InChI=1S/C36H68N2O2S6/c1-7-9-11-13-15-17-19-21-23-25-29-43-33(41)45-35(3,4)31(39)37-27-28-38-32(40)36(5,6)46-34(42)44-30-26-24-22-20-18-16-14-12-10-8-2/h7-30H2,1-6H3,(H,37,39)(H,38,40). The number of amides is 2. The van der Waals surface area contributed by atoms with Gasteiger partial charge in [-0.25, -0.2) is 0 Å². The molecule has 0 radical (unpaired) electrons. The van der Waals surface area contributed by atoms with E-state index >= 15 is 0 Å². The molecule has 0 spiro atoms. The molecule has 0 aliphatic carbocycles. The molecule has 0 aromatic rings. The Morgan fingerprint density at radius 2 is 0.739 bits per heavy atom. The van der Waals surface area contributed by atoms with Gasteiger partial charge in [0, 0.05) is 13.1 Å². The molecule has 10 heteroatoms. The lowest BCUT2D eigenvalue weighted by Gasteiger charge is -2.24. The first-order valence-corrected chi connectivity index (χ1v) is 22.7. The highest BCUT2D eigenvalue weighted by molar-refractivity contribution is 8.48. The van der Waals surface area contributed by atoms with Crippen LogP contribution in [0.2, 0.25) is 0 Å². The van der Waals surface area contributed by atoms with E-state index in [2.05, 4.69) is 24.5 Å². The SMILES string of the molecule is CCCCCCCCCCCCSC(=S)SC(C)(C)C(=O)NCCNC(=O)C(C)(C)SC(=S)SCCCCCCCCCCCC. The highest BCUT2D eigenvalue weighted by Crippen LogP contribution is 2.33. The van der Waals surface area contributed by atoms with Crippen LogP contribution in [0.4, 0.5) is 0 Å². The van der Waals surface area contributed by atoms with Crippen molar-refractivity contribution < 1.29 is 9.59 Å². The highest BCUT2D eigenvalue weighted by atomic mass is 32.2. The zero-order chi connectivity index (χ0) is 34.5. The maximum absolute atomic E-state index is 12.9. The van der Waals surface area contributed by atoms with Crippen LogP contribution < -0.4 is 10.6 Å². The van der Waals surface area contributed by atoms with Crippen molar-refractivity contribution in [2.24, 2.45) is 0 Å². The molecule has 2 amide bonds. The third-order valence-corrected chi connectivity index (χ3v) is 13.5. The Morgan fingerprint density at radius 3 is 1.02 bits per heavy atom. The van der Waals surface area contributed by atoms with Gasteiger partial charge in [0.2, 0.25) is 11.8 Å². The van der Waals surface area contributed by atoms with Gasteiger partial charge in [0.25, 0.3) is 0 Å². The van der Waals surface area contributed by atoms with Crippen molar-refractivity contribution in [1.29, 1.82) is 0 Å². The number of hydrogen-bond acceptors (Lipinski definition) is 8. The fraction of sp³-hybridized carbons (Fsp3) is 0.889. The minimum Gasteiger partial charge on any atom is -0.353 e. The molecule has 0 unspecified atom stereocenters. The number of carbonyl (C=O) groups excluding carboxylic acids is 2. The van der Waals surface area contributed by atoms with E-state index in [1.54, 1.807) is 23.5 Å². The van der Waals surface area contributed by atoms with E-state index in [1.165, 1.54) is 152 Å². The molecule has 0 atom stereocenters. The van der Waals surface area contributed by atoms with Crippen molar-refractivity contribution in [3.05, 3.63) is 0 Å². The van der Waals surface area contributed by atoms with Crippen LogP contribution >= 0.6 is 71.5 Å². The average Bonchev–Trinajstić information content (AvgIpc) is 3.00. The summed E-state index contributed by atoms with van der Waals surface area (Å²) in [5, 5.41) is 5.94. The van der Waals surface area contributed by atoms with E-state index in [0.29, 0.717) is 13.1 Å². The lowest BCUT2D eigenvalue weighted by molar-refractivity contribution is -0.124. The number of unbranched alkanes of at least 4 members (excludes halogenated alkanes) is 18. The molecule has 4 nitrogen and oxygen atoms in total. The van der Waals surface area contributed by atoms with Gasteiger partial charge in [0.15, 0.2) is 0 Å². The smallest absolute Gasteiger partial charge is 0.236 e. The second-order valence-corrected chi connectivity index (χ2v) is 21.1. The van der Waals surface area contributed by atoms with E-state index in [1.807, 2.05) is 27.7 Å². The van der Waals surface area contributed by atoms with Crippen molar-refractivity contribution in [1.82, 2.24) is 10.6 Å². The van der Waals surface area contributed by atoms with Gasteiger partial charge in [-0.1, -0.05) is 177 Å². The molecule has 46 heavy (non-hydrogen) atoms. The Morgan fingerprint density at radius 1 is 0.478 bits per heavy atom. The maximum Gasteiger partial charge on any atom is 0.236 e. The van der Waals surface area contributed by atoms with E-state index < -0.39 is 9.49 Å². The summed E-state index contributed by atoms with van der Waals surface area (Å²) in [6.45, 7) is 12.9. The molecule has 0 heterocycles. The fourth-order valence-corrected chi connectivity index (χ4v) is 11.0. The molecular formula is C36H68N2O2S6. The van der Waals surface area contributed by atoms with Crippen LogP contribution in [0.25, 0.3) is 0 Å². The predicted molar refractivity (Wildman–Crippen MR) is 223 cm³/mol. The largest absolute Gasteiger partial charge is 0.353 e. The van der Waals surface area contributed by atoms with Crippen LogP contribution in [0.1, 0.15) is 170 Å². The second-order valence-electron chi connectivity index (χ2n) is 13.3. The van der Waals surface area contributed by atoms with Crippen molar-refractivity contribution in [2.45, 2.75) is 179 Å². The monoisotopic (exact) mass is 752 g/mol. The average molecular weight is 753 g/mol. The van der Waals surface area contributed by atoms with Crippen LogP contribution in [-0.4, -0.2) is 53.0 Å². The van der Waals surface area contributed by atoms with Gasteiger partial charge in [-0.2, -0.15) is 0 Å². The summed E-state index contributed by atoms with van der Waals surface area (Å²) < 4.78 is 0.340. The molecule has 0 aromatic carbocycles. The first kappa shape index (κ1) is 46.5. The molecule has 0 saturated carbocycles. The third-order valence-electron chi connectivity index (χ3n) is 7.90.